The molecule has 6 nitrogen and oxygen atoms in total. The van der Waals surface area contributed by atoms with Gasteiger partial charge in [0, 0.05) is 23.6 Å². The van der Waals surface area contributed by atoms with Crippen molar-refractivity contribution in [2.24, 2.45) is 0 Å². The molecule has 2 amide bonds. The summed E-state index contributed by atoms with van der Waals surface area (Å²) >= 11 is 0. The quantitative estimate of drug-likeness (QED) is 0.557. The van der Waals surface area contributed by atoms with Crippen LogP contribution in [0.2, 0.25) is 0 Å². The van der Waals surface area contributed by atoms with E-state index in [1.165, 1.54) is 31.6 Å². The van der Waals surface area contributed by atoms with Gasteiger partial charge in [-0.05, 0) is 42.0 Å². The molecule has 1 aromatic heterocycles. The molecule has 3 aromatic rings. The van der Waals surface area contributed by atoms with Crippen molar-refractivity contribution in [2.75, 3.05) is 12.4 Å². The van der Waals surface area contributed by atoms with E-state index in [4.69, 9.17) is 4.74 Å². The summed E-state index contributed by atoms with van der Waals surface area (Å²) in [5.41, 5.74) is 0.0646. The average molecular weight is 453 g/mol. The van der Waals surface area contributed by atoms with Crippen molar-refractivity contribution in [1.29, 1.82) is 0 Å². The number of halogens is 3. The van der Waals surface area contributed by atoms with Gasteiger partial charge >= 0.3 is 6.18 Å². The molecule has 0 spiro atoms. The minimum absolute atomic E-state index is 0.0175. The van der Waals surface area contributed by atoms with E-state index in [2.05, 4.69) is 10.3 Å². The highest BCUT2D eigenvalue weighted by atomic mass is 19.4. The fraction of sp³-hybridized carbons (Fsp3) is 0.125. The minimum Gasteiger partial charge on any atom is -0.496 e. The Balaban J connectivity index is 1.79. The largest absolute Gasteiger partial charge is 0.496 e. The molecule has 0 fully saturated rings. The van der Waals surface area contributed by atoms with E-state index in [1.807, 2.05) is 0 Å². The summed E-state index contributed by atoms with van der Waals surface area (Å²) in [4.78, 5) is 31.6. The summed E-state index contributed by atoms with van der Waals surface area (Å²) in [6, 6.07) is 14.4. The van der Waals surface area contributed by atoms with Crippen LogP contribution in [0.15, 0.2) is 78.8 Å². The fourth-order valence-electron chi connectivity index (χ4n) is 3.53. The van der Waals surface area contributed by atoms with Gasteiger partial charge in [-0.25, -0.2) is 0 Å². The molecule has 168 valence electrons. The normalized spacial score (nSPS) is 14.1. The highest BCUT2D eigenvalue weighted by Gasteiger charge is 2.40. The maximum Gasteiger partial charge on any atom is 0.416 e. The first-order valence-corrected chi connectivity index (χ1v) is 9.86. The van der Waals surface area contributed by atoms with E-state index in [0.717, 1.165) is 17.0 Å². The third-order valence-corrected chi connectivity index (χ3v) is 5.09. The Morgan fingerprint density at radius 2 is 1.70 bits per heavy atom. The second kappa shape index (κ2) is 8.78. The summed E-state index contributed by atoms with van der Waals surface area (Å²) in [6.45, 7) is -0.0212. The highest BCUT2D eigenvalue weighted by Crippen LogP contribution is 2.37. The molecule has 1 N–H and O–H groups in total. The summed E-state index contributed by atoms with van der Waals surface area (Å²) in [5.74, 6) is -0.895. The van der Waals surface area contributed by atoms with Crippen molar-refractivity contribution in [3.8, 4) is 5.75 Å². The predicted molar refractivity (Wildman–Crippen MR) is 115 cm³/mol. The third kappa shape index (κ3) is 4.43. The van der Waals surface area contributed by atoms with Gasteiger partial charge in [0.2, 0.25) is 0 Å². The van der Waals surface area contributed by atoms with Gasteiger partial charge in [0.1, 0.15) is 11.4 Å². The number of carbonyl (C=O) groups is 2. The number of benzene rings is 2. The molecule has 1 aliphatic heterocycles. The van der Waals surface area contributed by atoms with Crippen molar-refractivity contribution in [2.45, 2.75) is 12.7 Å². The van der Waals surface area contributed by atoms with Gasteiger partial charge in [0.15, 0.2) is 0 Å². The zero-order valence-corrected chi connectivity index (χ0v) is 17.4. The number of rotatable bonds is 6. The smallest absolute Gasteiger partial charge is 0.416 e. The Hall–Kier alpha value is -4.14. The number of alkyl halides is 3. The zero-order chi connectivity index (χ0) is 23.6. The molecule has 0 aliphatic carbocycles. The second-order valence-corrected chi connectivity index (χ2v) is 7.21. The first-order valence-electron chi connectivity index (χ1n) is 9.86. The molecule has 0 atom stereocenters. The van der Waals surface area contributed by atoms with Gasteiger partial charge in [0.25, 0.3) is 11.8 Å². The number of nitrogens with one attached hydrogen (secondary N) is 1. The van der Waals surface area contributed by atoms with E-state index < -0.39 is 23.6 Å². The lowest BCUT2D eigenvalue weighted by molar-refractivity contribution is -0.138. The molecule has 2 heterocycles. The van der Waals surface area contributed by atoms with E-state index in [9.17, 15) is 22.8 Å². The van der Waals surface area contributed by atoms with Gasteiger partial charge in [-0.3, -0.25) is 19.5 Å². The fourth-order valence-corrected chi connectivity index (χ4v) is 3.53. The molecule has 0 saturated heterocycles. The van der Waals surface area contributed by atoms with Crippen LogP contribution in [0, 0.1) is 0 Å². The van der Waals surface area contributed by atoms with Crippen molar-refractivity contribution < 1.29 is 27.5 Å². The number of hydrogen-bond acceptors (Lipinski definition) is 5. The Kier molecular flexibility index (Phi) is 5.87. The lowest BCUT2D eigenvalue weighted by Crippen LogP contribution is -2.32. The first kappa shape index (κ1) is 22.1. The lowest BCUT2D eigenvalue weighted by Gasteiger charge is -2.15. The van der Waals surface area contributed by atoms with Crippen LogP contribution in [0.25, 0.3) is 5.57 Å². The molecule has 4 rings (SSSR count). The van der Waals surface area contributed by atoms with E-state index >= 15 is 0 Å². The van der Waals surface area contributed by atoms with Crippen LogP contribution in [0.3, 0.4) is 0 Å². The van der Waals surface area contributed by atoms with Crippen LogP contribution in [-0.4, -0.2) is 28.8 Å². The highest BCUT2D eigenvalue weighted by molar-refractivity contribution is 6.36. The SMILES string of the molecule is COc1ccccc1C1=C(Nc2cccc(C(F)(F)F)c2)C(=O)N(Cc2ccncc2)C1=O. The number of para-hydroxylation sites is 1. The number of amides is 2. The topological polar surface area (TPSA) is 71.5 Å². The van der Waals surface area contributed by atoms with Crippen LogP contribution in [-0.2, 0) is 22.3 Å². The van der Waals surface area contributed by atoms with E-state index in [0.29, 0.717) is 16.9 Å². The number of hydrogen-bond donors (Lipinski definition) is 1. The second-order valence-electron chi connectivity index (χ2n) is 7.21. The van der Waals surface area contributed by atoms with Crippen molar-refractivity contribution in [3.05, 3.63) is 95.4 Å². The molecule has 0 bridgehead atoms. The van der Waals surface area contributed by atoms with Crippen LogP contribution in [0.4, 0.5) is 18.9 Å². The average Bonchev–Trinajstić information content (AvgIpc) is 3.03. The predicted octanol–water partition coefficient (Wildman–Crippen LogP) is 4.50. The molecule has 9 heteroatoms. The number of carbonyl (C=O) groups excluding carboxylic acids is 2. The Labute approximate surface area is 187 Å². The Morgan fingerprint density at radius 1 is 0.970 bits per heavy atom. The van der Waals surface area contributed by atoms with Gasteiger partial charge < -0.3 is 10.1 Å². The Morgan fingerprint density at radius 3 is 2.39 bits per heavy atom. The lowest BCUT2D eigenvalue weighted by atomic mass is 10.0. The van der Waals surface area contributed by atoms with E-state index in [-0.39, 0.29) is 23.5 Å². The molecule has 0 unspecified atom stereocenters. The molecule has 2 aromatic carbocycles. The zero-order valence-electron chi connectivity index (χ0n) is 17.4. The number of pyridine rings is 1. The molecular weight excluding hydrogens is 435 g/mol. The maximum atomic E-state index is 13.4. The third-order valence-electron chi connectivity index (χ3n) is 5.09. The van der Waals surface area contributed by atoms with E-state index in [1.54, 1.807) is 36.4 Å². The molecule has 33 heavy (non-hydrogen) atoms. The van der Waals surface area contributed by atoms with Gasteiger partial charge in [-0.2, -0.15) is 13.2 Å². The van der Waals surface area contributed by atoms with Crippen molar-refractivity contribution in [1.82, 2.24) is 9.88 Å². The molecule has 1 aliphatic rings. The maximum absolute atomic E-state index is 13.4. The number of ether oxygens (including phenoxy) is 1. The van der Waals surface area contributed by atoms with Crippen LogP contribution in [0.5, 0.6) is 5.75 Å². The summed E-state index contributed by atoms with van der Waals surface area (Å²) in [5, 5.41) is 2.75. The number of imide groups is 1. The molecule has 0 saturated carbocycles. The van der Waals surface area contributed by atoms with Crippen LogP contribution in [0.1, 0.15) is 16.7 Å². The van der Waals surface area contributed by atoms with Gasteiger partial charge in [0.05, 0.1) is 24.8 Å². The van der Waals surface area contributed by atoms with Crippen molar-refractivity contribution in [3.63, 3.8) is 0 Å². The van der Waals surface area contributed by atoms with Gasteiger partial charge in [-0.1, -0.05) is 24.3 Å². The van der Waals surface area contributed by atoms with Crippen molar-refractivity contribution >= 4 is 23.1 Å². The first-order chi connectivity index (χ1) is 15.8. The number of anilines is 1. The minimum atomic E-state index is -4.56. The van der Waals surface area contributed by atoms with Crippen LogP contribution >= 0.6 is 0 Å². The molecular formula is C24H18F3N3O3. The number of aromatic nitrogens is 1. The molecule has 0 radical (unpaired) electrons. The standard InChI is InChI=1S/C24H18F3N3O3/c1-33-19-8-3-2-7-18(19)20-21(29-17-6-4-5-16(13-17)24(25,26)27)23(32)30(22(20)31)14-15-9-11-28-12-10-15/h2-13,29H,14H2,1H3. The summed E-state index contributed by atoms with van der Waals surface area (Å²) < 4.78 is 44.9. The van der Waals surface area contributed by atoms with Crippen LogP contribution < -0.4 is 10.1 Å². The summed E-state index contributed by atoms with van der Waals surface area (Å²) in [6.07, 6.45) is -1.48. The number of methoxy groups -OCH3 is 1. The number of nitrogens with zero attached hydrogens (tertiary/aromatic N) is 2. The Bertz CT molecular complexity index is 1240. The van der Waals surface area contributed by atoms with Gasteiger partial charge in [-0.15, -0.1) is 0 Å². The summed E-state index contributed by atoms with van der Waals surface area (Å²) in [7, 11) is 1.43. The monoisotopic (exact) mass is 453 g/mol.